The standard InChI is InChI=1S/C36H47FN4O9/c1-48-21-30-26-13-9-14-27(37)25(26)16-17-40(30)35(47)50-24-18-29-31(42)39-36(33(44)45)19-22(36)10-5-3-2-4-6-15-28(32(43)41(29)20-24)38-34(46)49-23-11-7-8-12-23/h5,9-10,13-14,22-24,28-30H,2-4,6-8,11-12,15-21H2,1H3,(H,38,46)(H,39,42)(H,44,45)/b10-5+/t22-,24-,28+,29+,30?,36-/m1/s1. The number of hydrogen-bond donors (Lipinski definition) is 3. The van der Waals surface area contributed by atoms with Crippen LogP contribution in [-0.4, -0.2) is 102 Å². The van der Waals surface area contributed by atoms with Crippen LogP contribution in [-0.2, 0) is 35.0 Å². The maximum absolute atomic E-state index is 14.6. The number of amides is 4. The van der Waals surface area contributed by atoms with E-state index in [2.05, 4.69) is 10.6 Å². The van der Waals surface area contributed by atoms with E-state index in [4.69, 9.17) is 14.2 Å². The molecule has 3 aliphatic heterocycles. The van der Waals surface area contributed by atoms with Gasteiger partial charge in [0, 0.05) is 26.0 Å². The molecule has 3 heterocycles. The van der Waals surface area contributed by atoms with Crippen LogP contribution in [0.1, 0.15) is 87.8 Å². The van der Waals surface area contributed by atoms with Crippen molar-refractivity contribution in [2.24, 2.45) is 5.92 Å². The average Bonchev–Trinajstić information content (AvgIpc) is 3.35. The lowest BCUT2D eigenvalue weighted by Crippen LogP contribution is -2.56. The minimum atomic E-state index is -1.50. The molecule has 1 aromatic rings. The summed E-state index contributed by atoms with van der Waals surface area (Å²) in [4.78, 5) is 70.0. The van der Waals surface area contributed by atoms with E-state index in [1.807, 2.05) is 12.2 Å². The molecule has 0 spiro atoms. The van der Waals surface area contributed by atoms with Gasteiger partial charge in [-0.1, -0.05) is 37.1 Å². The van der Waals surface area contributed by atoms with Crippen LogP contribution in [0, 0.1) is 11.7 Å². The van der Waals surface area contributed by atoms with Crippen molar-refractivity contribution in [2.75, 3.05) is 26.8 Å². The molecule has 50 heavy (non-hydrogen) atoms. The van der Waals surface area contributed by atoms with Gasteiger partial charge in [0.2, 0.25) is 11.8 Å². The van der Waals surface area contributed by atoms with E-state index in [0.29, 0.717) is 24.0 Å². The third-order valence-electron chi connectivity index (χ3n) is 10.8. The Balaban J connectivity index is 1.23. The summed E-state index contributed by atoms with van der Waals surface area (Å²) in [7, 11) is 1.49. The summed E-state index contributed by atoms with van der Waals surface area (Å²) in [5.41, 5.74) is -0.364. The van der Waals surface area contributed by atoms with Crippen LogP contribution in [0.4, 0.5) is 14.0 Å². The summed E-state index contributed by atoms with van der Waals surface area (Å²) in [6, 6.07) is 1.93. The van der Waals surface area contributed by atoms with E-state index in [1.165, 1.54) is 23.0 Å². The van der Waals surface area contributed by atoms with Gasteiger partial charge in [-0.25, -0.2) is 18.8 Å². The summed E-state index contributed by atoms with van der Waals surface area (Å²) in [5.74, 6) is -3.11. The predicted octanol–water partition coefficient (Wildman–Crippen LogP) is 3.99. The molecule has 14 heteroatoms. The van der Waals surface area contributed by atoms with Crippen molar-refractivity contribution < 1.29 is 47.7 Å². The van der Waals surface area contributed by atoms with Crippen molar-refractivity contribution in [3.8, 4) is 0 Å². The molecule has 13 nitrogen and oxygen atoms in total. The quantitative estimate of drug-likeness (QED) is 0.373. The van der Waals surface area contributed by atoms with Gasteiger partial charge < -0.3 is 34.9 Å². The number of carbonyl (C=O) groups excluding carboxylic acids is 4. The largest absolute Gasteiger partial charge is 0.479 e. The van der Waals surface area contributed by atoms with Crippen LogP contribution < -0.4 is 10.6 Å². The molecular weight excluding hydrogens is 651 g/mol. The van der Waals surface area contributed by atoms with E-state index < -0.39 is 65.7 Å². The van der Waals surface area contributed by atoms with Gasteiger partial charge in [-0.2, -0.15) is 0 Å². The molecule has 0 bridgehead atoms. The first-order chi connectivity index (χ1) is 24.1. The average molecular weight is 699 g/mol. The molecule has 4 amide bonds. The van der Waals surface area contributed by atoms with Gasteiger partial charge in [0.1, 0.15) is 35.6 Å². The van der Waals surface area contributed by atoms with Crippen LogP contribution in [0.3, 0.4) is 0 Å². The zero-order valence-corrected chi connectivity index (χ0v) is 28.4. The Hall–Kier alpha value is -4.20. The highest BCUT2D eigenvalue weighted by Crippen LogP contribution is 2.45. The molecule has 6 atom stereocenters. The van der Waals surface area contributed by atoms with Crippen molar-refractivity contribution in [1.29, 1.82) is 0 Å². The topological polar surface area (TPSA) is 164 Å². The van der Waals surface area contributed by atoms with E-state index in [-0.39, 0.29) is 50.9 Å². The van der Waals surface area contributed by atoms with Gasteiger partial charge in [-0.05, 0) is 75.0 Å². The Morgan fingerprint density at radius 3 is 2.60 bits per heavy atom. The molecule has 3 N–H and O–H groups in total. The monoisotopic (exact) mass is 698 g/mol. The third kappa shape index (κ3) is 7.59. The fourth-order valence-electron chi connectivity index (χ4n) is 7.95. The fraction of sp³-hybridized carbons (Fsp3) is 0.639. The summed E-state index contributed by atoms with van der Waals surface area (Å²) >= 11 is 0. The zero-order chi connectivity index (χ0) is 35.4. The maximum Gasteiger partial charge on any atom is 0.410 e. The fourth-order valence-corrected chi connectivity index (χ4v) is 7.95. The highest BCUT2D eigenvalue weighted by molar-refractivity contribution is 5.96. The Bertz CT molecular complexity index is 1500. The number of alkyl carbamates (subject to hydrolysis) is 1. The number of nitrogens with one attached hydrogen (secondary N) is 2. The predicted molar refractivity (Wildman–Crippen MR) is 176 cm³/mol. The van der Waals surface area contributed by atoms with Crippen LogP contribution in [0.2, 0.25) is 0 Å². The smallest absolute Gasteiger partial charge is 0.410 e. The Kier molecular flexibility index (Phi) is 10.9. The van der Waals surface area contributed by atoms with Crippen molar-refractivity contribution in [3.63, 3.8) is 0 Å². The number of rotatable bonds is 6. The molecule has 1 saturated heterocycles. The number of allylic oxidation sites excluding steroid dienone is 1. The Morgan fingerprint density at radius 2 is 1.84 bits per heavy atom. The number of carboxylic acid groups (broad SMARTS) is 1. The van der Waals surface area contributed by atoms with Gasteiger partial charge in [0.25, 0.3) is 0 Å². The first-order valence-corrected chi connectivity index (χ1v) is 17.8. The number of fused-ring (bicyclic) bond motifs is 3. The molecule has 1 unspecified atom stereocenters. The minimum Gasteiger partial charge on any atom is -0.479 e. The number of hydrogen-bond acceptors (Lipinski definition) is 8. The summed E-state index contributed by atoms with van der Waals surface area (Å²) in [5, 5.41) is 15.6. The lowest BCUT2D eigenvalue weighted by atomic mass is 9.93. The second-order valence-corrected chi connectivity index (χ2v) is 14.1. The lowest BCUT2D eigenvalue weighted by molar-refractivity contribution is -0.145. The first-order valence-electron chi connectivity index (χ1n) is 17.8. The van der Waals surface area contributed by atoms with Crippen molar-refractivity contribution in [2.45, 2.75) is 113 Å². The van der Waals surface area contributed by atoms with E-state index in [9.17, 15) is 33.5 Å². The highest BCUT2D eigenvalue weighted by atomic mass is 19.1. The number of nitrogens with zero attached hydrogens (tertiary/aromatic N) is 2. The van der Waals surface area contributed by atoms with Gasteiger partial charge in [-0.15, -0.1) is 0 Å². The molecule has 3 fully saturated rings. The summed E-state index contributed by atoms with van der Waals surface area (Å²) in [6.07, 6.45) is 8.33. The molecule has 1 aromatic carbocycles. The van der Waals surface area contributed by atoms with Crippen LogP contribution in [0.15, 0.2) is 30.4 Å². The number of carboxylic acids is 1. The van der Waals surface area contributed by atoms with E-state index >= 15 is 0 Å². The van der Waals surface area contributed by atoms with Gasteiger partial charge in [-0.3, -0.25) is 14.5 Å². The number of aliphatic carboxylic acids is 1. The van der Waals surface area contributed by atoms with Crippen LogP contribution in [0.5, 0.6) is 0 Å². The second-order valence-electron chi connectivity index (χ2n) is 14.1. The van der Waals surface area contributed by atoms with Crippen molar-refractivity contribution in [3.05, 3.63) is 47.3 Å². The Labute approximate surface area is 290 Å². The van der Waals surface area contributed by atoms with Crippen LogP contribution in [0.25, 0.3) is 0 Å². The van der Waals surface area contributed by atoms with Crippen LogP contribution >= 0.6 is 0 Å². The summed E-state index contributed by atoms with van der Waals surface area (Å²) in [6.45, 7) is 0.129. The van der Waals surface area contributed by atoms with E-state index in [1.54, 1.807) is 12.1 Å². The summed E-state index contributed by atoms with van der Waals surface area (Å²) < 4.78 is 31.6. The molecule has 2 aliphatic carbocycles. The molecule has 0 radical (unpaired) electrons. The minimum absolute atomic E-state index is 0.0766. The molecule has 2 saturated carbocycles. The number of benzene rings is 1. The lowest BCUT2D eigenvalue weighted by Gasteiger charge is -2.36. The van der Waals surface area contributed by atoms with Crippen molar-refractivity contribution in [1.82, 2.24) is 20.4 Å². The number of methoxy groups -OCH3 is 1. The number of halogens is 1. The maximum atomic E-state index is 14.6. The van der Waals surface area contributed by atoms with E-state index in [0.717, 1.165) is 44.9 Å². The molecule has 5 aliphatic rings. The second kappa shape index (κ2) is 15.4. The Morgan fingerprint density at radius 1 is 1.06 bits per heavy atom. The molecule has 272 valence electrons. The zero-order valence-electron chi connectivity index (χ0n) is 28.4. The highest BCUT2D eigenvalue weighted by Gasteiger charge is 2.61. The number of carbonyl (C=O) groups is 5. The third-order valence-corrected chi connectivity index (χ3v) is 10.8. The van der Waals surface area contributed by atoms with Gasteiger partial charge in [0.15, 0.2) is 0 Å². The molecular formula is C36H47FN4O9. The normalized spacial score (nSPS) is 30.9. The molecule has 0 aromatic heterocycles. The van der Waals surface area contributed by atoms with Gasteiger partial charge >= 0.3 is 18.2 Å². The van der Waals surface area contributed by atoms with Crippen molar-refractivity contribution >= 4 is 30.0 Å². The molecule has 6 rings (SSSR count). The van der Waals surface area contributed by atoms with Gasteiger partial charge in [0.05, 0.1) is 19.2 Å². The number of ether oxygens (including phenoxy) is 3. The SMILES string of the molecule is COCC1c2cccc(F)c2CCN1C(=O)O[C@@H]1C[C@H]2C(=O)N[C@]3(C(=O)O)C[C@H]3/C=C/CCCCC[C@H](NC(=O)OC3CCCC3)C(=O)N2C1. The first kappa shape index (κ1) is 35.6.